The van der Waals surface area contributed by atoms with Gasteiger partial charge in [-0.1, -0.05) is 73.5 Å². The predicted octanol–water partition coefficient (Wildman–Crippen LogP) is 5.62. The van der Waals surface area contributed by atoms with Crippen molar-refractivity contribution in [3.8, 4) is 5.75 Å². The van der Waals surface area contributed by atoms with Crippen molar-refractivity contribution in [2.75, 3.05) is 24.5 Å². The second kappa shape index (κ2) is 15.1. The Morgan fingerprint density at radius 2 is 1.64 bits per heavy atom. The minimum Gasteiger partial charge on any atom is -0.495 e. The average molecular weight is 614 g/mol. The molecular formula is C32H40ClN3O5S. The van der Waals surface area contributed by atoms with Gasteiger partial charge in [0.05, 0.1) is 17.7 Å². The molecular weight excluding hydrogens is 574 g/mol. The number of methoxy groups -OCH3 is 1. The summed E-state index contributed by atoms with van der Waals surface area (Å²) in [7, 11) is -2.82. The Morgan fingerprint density at radius 3 is 2.24 bits per heavy atom. The van der Waals surface area contributed by atoms with Crippen LogP contribution in [0.25, 0.3) is 0 Å². The molecule has 1 N–H and O–H groups in total. The number of carbonyl (C=O) groups is 2. The number of aryl methyl sites for hydroxylation is 1. The van der Waals surface area contributed by atoms with Crippen molar-refractivity contribution >= 4 is 39.1 Å². The molecule has 10 heteroatoms. The highest BCUT2D eigenvalue weighted by Crippen LogP contribution is 2.35. The van der Waals surface area contributed by atoms with Crippen LogP contribution in [0.3, 0.4) is 0 Å². The molecule has 226 valence electrons. The lowest BCUT2D eigenvalue weighted by molar-refractivity contribution is -0.139. The maximum atomic E-state index is 14.2. The molecule has 42 heavy (non-hydrogen) atoms. The number of ether oxygens (including phenoxy) is 1. The van der Waals surface area contributed by atoms with E-state index in [2.05, 4.69) is 5.32 Å². The number of sulfonamides is 1. The van der Waals surface area contributed by atoms with Gasteiger partial charge in [-0.25, -0.2) is 8.42 Å². The first-order valence-electron chi connectivity index (χ1n) is 14.1. The highest BCUT2D eigenvalue weighted by atomic mass is 35.5. The van der Waals surface area contributed by atoms with E-state index in [1.54, 1.807) is 24.3 Å². The number of hydrogen-bond acceptors (Lipinski definition) is 5. The topological polar surface area (TPSA) is 96.0 Å². The Labute approximate surface area is 254 Å². The van der Waals surface area contributed by atoms with Gasteiger partial charge in [-0.05, 0) is 69.0 Å². The summed E-state index contributed by atoms with van der Waals surface area (Å²) >= 11 is 6.30. The first kappa shape index (κ1) is 32.9. The summed E-state index contributed by atoms with van der Waals surface area (Å²) in [6, 6.07) is 19.8. The van der Waals surface area contributed by atoms with Crippen LogP contribution in [0.4, 0.5) is 5.69 Å². The van der Waals surface area contributed by atoms with Gasteiger partial charge >= 0.3 is 0 Å². The standard InChI is InChI=1S/C32H40ClN3O5S/c1-6-24(4)34-32(38)28(7-2)35(20-19-25-11-9-8-10-12-25)31(37)22-36(29-21-26(33)15-18-30(29)41-5)42(39,40)27-16-13-23(3)14-17-27/h8-18,21,24,28H,6-7,19-20,22H2,1-5H3,(H,34,38)/t24-,28-/m0/s1. The molecule has 0 heterocycles. The lowest BCUT2D eigenvalue weighted by atomic mass is 10.1. The van der Waals surface area contributed by atoms with Gasteiger partial charge in [-0.3, -0.25) is 13.9 Å². The number of anilines is 1. The number of carbonyl (C=O) groups excluding carboxylic acids is 2. The number of amides is 2. The fourth-order valence-electron chi connectivity index (χ4n) is 4.55. The van der Waals surface area contributed by atoms with Crippen molar-refractivity contribution in [3.05, 3.63) is 88.9 Å². The van der Waals surface area contributed by atoms with E-state index in [9.17, 15) is 18.0 Å². The Hall–Kier alpha value is -3.56. The Morgan fingerprint density at radius 1 is 0.976 bits per heavy atom. The van der Waals surface area contributed by atoms with Gasteiger partial charge in [0.15, 0.2) is 0 Å². The summed E-state index contributed by atoms with van der Waals surface area (Å²) in [5.74, 6) is -0.559. The van der Waals surface area contributed by atoms with Crippen LogP contribution < -0.4 is 14.4 Å². The molecule has 0 fully saturated rings. The fraction of sp³-hybridized carbons (Fsp3) is 0.375. The lowest BCUT2D eigenvalue weighted by Crippen LogP contribution is -2.54. The first-order chi connectivity index (χ1) is 20.0. The molecule has 0 bridgehead atoms. The number of nitrogens with one attached hydrogen (secondary N) is 1. The zero-order chi connectivity index (χ0) is 30.9. The van der Waals surface area contributed by atoms with E-state index in [-0.39, 0.29) is 39.8 Å². The molecule has 3 rings (SSSR count). The van der Waals surface area contributed by atoms with Gasteiger partial charge in [-0.2, -0.15) is 0 Å². The van der Waals surface area contributed by atoms with E-state index in [1.165, 1.54) is 30.2 Å². The third-order valence-electron chi connectivity index (χ3n) is 7.17. The molecule has 0 spiro atoms. The molecule has 2 atom stereocenters. The smallest absolute Gasteiger partial charge is 0.264 e. The summed E-state index contributed by atoms with van der Waals surface area (Å²) in [6.07, 6.45) is 1.58. The van der Waals surface area contributed by atoms with E-state index in [1.807, 2.05) is 58.0 Å². The molecule has 0 aliphatic rings. The van der Waals surface area contributed by atoms with Gasteiger partial charge in [-0.15, -0.1) is 0 Å². The van der Waals surface area contributed by atoms with Crippen LogP contribution in [0.1, 0.15) is 44.7 Å². The highest BCUT2D eigenvalue weighted by Gasteiger charge is 2.35. The van der Waals surface area contributed by atoms with Crippen LogP contribution >= 0.6 is 11.6 Å². The molecule has 0 saturated carbocycles. The zero-order valence-electron chi connectivity index (χ0n) is 24.8. The van der Waals surface area contributed by atoms with Crippen molar-refractivity contribution in [2.45, 2.75) is 63.9 Å². The first-order valence-corrected chi connectivity index (χ1v) is 15.9. The van der Waals surface area contributed by atoms with Crippen molar-refractivity contribution < 1.29 is 22.7 Å². The third-order valence-corrected chi connectivity index (χ3v) is 9.18. The molecule has 2 amide bonds. The molecule has 0 unspecified atom stereocenters. The van der Waals surface area contributed by atoms with Crippen molar-refractivity contribution in [1.82, 2.24) is 10.2 Å². The Balaban J connectivity index is 2.08. The molecule has 3 aromatic rings. The van der Waals surface area contributed by atoms with Gasteiger partial charge < -0.3 is 15.0 Å². The molecule has 0 aliphatic carbocycles. The number of hydrogen-bond donors (Lipinski definition) is 1. The molecule has 3 aromatic carbocycles. The predicted molar refractivity (Wildman–Crippen MR) is 168 cm³/mol. The molecule has 0 saturated heterocycles. The fourth-order valence-corrected chi connectivity index (χ4v) is 6.13. The van der Waals surface area contributed by atoms with Crippen molar-refractivity contribution in [2.24, 2.45) is 0 Å². The van der Waals surface area contributed by atoms with E-state index in [4.69, 9.17) is 16.3 Å². The quantitative estimate of drug-likeness (QED) is 0.255. The van der Waals surface area contributed by atoms with Crippen LogP contribution in [0, 0.1) is 6.92 Å². The van der Waals surface area contributed by atoms with Gasteiger partial charge in [0, 0.05) is 17.6 Å². The highest BCUT2D eigenvalue weighted by molar-refractivity contribution is 7.92. The maximum absolute atomic E-state index is 14.2. The number of halogens is 1. The second-order valence-electron chi connectivity index (χ2n) is 10.2. The van der Waals surface area contributed by atoms with Crippen molar-refractivity contribution in [1.29, 1.82) is 0 Å². The van der Waals surface area contributed by atoms with Crippen LogP contribution in [0.2, 0.25) is 5.02 Å². The van der Waals surface area contributed by atoms with Gasteiger partial charge in [0.1, 0.15) is 18.3 Å². The maximum Gasteiger partial charge on any atom is 0.264 e. The normalized spacial score (nSPS) is 12.7. The van der Waals surface area contributed by atoms with E-state index in [0.717, 1.165) is 21.9 Å². The molecule has 0 aromatic heterocycles. The third kappa shape index (κ3) is 8.26. The summed E-state index contributed by atoms with van der Waals surface area (Å²) < 4.78 is 34.7. The number of rotatable bonds is 14. The lowest BCUT2D eigenvalue weighted by Gasteiger charge is -2.34. The molecule has 8 nitrogen and oxygen atoms in total. The van der Waals surface area contributed by atoms with Gasteiger partial charge in [0.2, 0.25) is 11.8 Å². The SMILES string of the molecule is CC[C@H](C)NC(=O)[C@H](CC)N(CCc1ccccc1)C(=O)CN(c1cc(Cl)ccc1OC)S(=O)(=O)c1ccc(C)cc1. The van der Waals surface area contributed by atoms with E-state index in [0.29, 0.717) is 12.8 Å². The second-order valence-corrected chi connectivity index (χ2v) is 12.5. The van der Waals surface area contributed by atoms with Crippen LogP contribution in [-0.2, 0) is 26.0 Å². The van der Waals surface area contributed by atoms with Crippen LogP contribution in [-0.4, -0.2) is 57.4 Å². The number of nitrogens with zero attached hydrogens (tertiary/aromatic N) is 2. The summed E-state index contributed by atoms with van der Waals surface area (Å²) in [5, 5.41) is 3.26. The Bertz CT molecular complexity index is 1450. The van der Waals surface area contributed by atoms with Crippen LogP contribution in [0.15, 0.2) is 77.7 Å². The summed E-state index contributed by atoms with van der Waals surface area (Å²) in [4.78, 5) is 29.1. The minimum atomic E-state index is -4.24. The van der Waals surface area contributed by atoms with E-state index < -0.39 is 28.5 Å². The largest absolute Gasteiger partial charge is 0.495 e. The molecule has 0 aliphatic heterocycles. The Kier molecular flexibility index (Phi) is 11.8. The summed E-state index contributed by atoms with van der Waals surface area (Å²) in [5.41, 5.74) is 2.01. The zero-order valence-corrected chi connectivity index (χ0v) is 26.4. The molecule has 0 radical (unpaired) electrons. The minimum absolute atomic E-state index is 0.0142. The average Bonchev–Trinajstić information content (AvgIpc) is 2.98. The van der Waals surface area contributed by atoms with Gasteiger partial charge in [0.25, 0.3) is 10.0 Å². The van der Waals surface area contributed by atoms with Crippen LogP contribution in [0.5, 0.6) is 5.75 Å². The monoisotopic (exact) mass is 613 g/mol. The van der Waals surface area contributed by atoms with Crippen molar-refractivity contribution in [3.63, 3.8) is 0 Å². The summed E-state index contributed by atoms with van der Waals surface area (Å²) in [6.45, 7) is 7.23. The number of benzene rings is 3. The van der Waals surface area contributed by atoms with E-state index >= 15 is 0 Å².